The third-order valence-electron chi connectivity index (χ3n) is 2.69. The first-order valence-corrected chi connectivity index (χ1v) is 7.06. The van der Waals surface area contributed by atoms with Crippen molar-refractivity contribution in [3.05, 3.63) is 34.5 Å². The maximum absolute atomic E-state index is 10.0. The third-order valence-corrected chi connectivity index (χ3v) is 3.47. The number of aromatic nitrogens is 3. The van der Waals surface area contributed by atoms with Crippen LogP contribution in [0.25, 0.3) is 0 Å². The summed E-state index contributed by atoms with van der Waals surface area (Å²) in [6, 6.07) is 0. The average Bonchev–Trinajstić information content (AvgIpc) is 3.10. The molecule has 0 fully saturated rings. The number of aliphatic imine (C=N–C) groups is 1. The van der Waals surface area contributed by atoms with E-state index in [9.17, 15) is 5.11 Å². The lowest BCUT2D eigenvalue weighted by Gasteiger charge is -2.13. The number of aliphatic hydroxyl groups excluding tert-OH is 1. The number of rotatable bonds is 5. The number of thiazole rings is 1. The van der Waals surface area contributed by atoms with Crippen molar-refractivity contribution in [2.75, 3.05) is 13.6 Å². The van der Waals surface area contributed by atoms with E-state index in [0.717, 1.165) is 10.6 Å². The molecule has 0 bridgehead atoms. The van der Waals surface area contributed by atoms with Crippen molar-refractivity contribution in [2.45, 2.75) is 12.6 Å². The monoisotopic (exact) mass is 422 g/mol. The lowest BCUT2D eigenvalue weighted by molar-refractivity contribution is 0.180. The highest BCUT2D eigenvalue weighted by atomic mass is 127. The van der Waals surface area contributed by atoms with E-state index in [1.807, 2.05) is 12.4 Å². The zero-order valence-electron chi connectivity index (χ0n) is 11.9. The molecule has 0 radical (unpaired) electrons. The van der Waals surface area contributed by atoms with Crippen LogP contribution in [0.5, 0.6) is 0 Å². The van der Waals surface area contributed by atoms with Crippen LogP contribution < -0.4 is 10.6 Å². The lowest BCUT2D eigenvalue weighted by Crippen LogP contribution is -2.38. The number of hydrogen-bond acceptors (Lipinski definition) is 5. The zero-order valence-corrected chi connectivity index (χ0v) is 15.0. The molecule has 21 heavy (non-hydrogen) atoms. The molecule has 116 valence electrons. The first-order valence-electron chi connectivity index (χ1n) is 6.18. The van der Waals surface area contributed by atoms with Crippen molar-refractivity contribution in [2.24, 2.45) is 12.0 Å². The lowest BCUT2D eigenvalue weighted by atomic mass is 10.2. The largest absolute Gasteiger partial charge is 0.386 e. The number of aryl methyl sites for hydroxylation is 1. The Kier molecular flexibility index (Phi) is 7.61. The Bertz CT molecular complexity index is 556. The molecule has 1 unspecified atom stereocenters. The SMILES string of the molecule is CN=C(NCc1nccs1)NCC(O)c1cnn(C)c1.I. The van der Waals surface area contributed by atoms with Crippen LogP contribution in [-0.4, -0.2) is 39.4 Å². The van der Waals surface area contributed by atoms with Crippen LogP contribution in [0, 0.1) is 0 Å². The van der Waals surface area contributed by atoms with E-state index >= 15 is 0 Å². The highest BCUT2D eigenvalue weighted by Crippen LogP contribution is 2.09. The fourth-order valence-corrected chi connectivity index (χ4v) is 2.20. The Balaban J connectivity index is 0.00000220. The molecule has 0 saturated heterocycles. The maximum atomic E-state index is 10.0. The molecule has 2 aromatic heterocycles. The van der Waals surface area contributed by atoms with Crippen molar-refractivity contribution < 1.29 is 5.11 Å². The molecule has 2 aromatic rings. The molecule has 0 amide bonds. The first kappa shape index (κ1) is 17.9. The quantitative estimate of drug-likeness (QED) is 0.379. The first-order chi connectivity index (χ1) is 9.69. The van der Waals surface area contributed by atoms with E-state index in [4.69, 9.17) is 0 Å². The number of aliphatic hydroxyl groups is 1. The predicted octanol–water partition coefficient (Wildman–Crippen LogP) is 0.893. The van der Waals surface area contributed by atoms with Gasteiger partial charge in [-0.1, -0.05) is 0 Å². The molecule has 0 aliphatic carbocycles. The van der Waals surface area contributed by atoms with Gasteiger partial charge < -0.3 is 15.7 Å². The molecule has 7 nitrogen and oxygen atoms in total. The fraction of sp³-hybridized carbons (Fsp3) is 0.417. The summed E-state index contributed by atoms with van der Waals surface area (Å²) < 4.78 is 1.66. The molecule has 0 spiro atoms. The summed E-state index contributed by atoms with van der Waals surface area (Å²) in [6.07, 6.45) is 4.59. The van der Waals surface area contributed by atoms with Gasteiger partial charge >= 0.3 is 0 Å². The van der Waals surface area contributed by atoms with Crippen LogP contribution in [0.15, 0.2) is 29.0 Å². The Morgan fingerprint density at radius 2 is 2.33 bits per heavy atom. The van der Waals surface area contributed by atoms with Gasteiger partial charge in [-0.25, -0.2) is 4.98 Å². The van der Waals surface area contributed by atoms with Gasteiger partial charge in [-0.3, -0.25) is 9.67 Å². The molecule has 0 aliphatic rings. The Labute approximate surface area is 144 Å². The molecule has 2 heterocycles. The van der Waals surface area contributed by atoms with E-state index in [1.165, 1.54) is 0 Å². The highest BCUT2D eigenvalue weighted by molar-refractivity contribution is 14.0. The van der Waals surface area contributed by atoms with E-state index < -0.39 is 6.10 Å². The van der Waals surface area contributed by atoms with Gasteiger partial charge in [0.05, 0.1) is 18.8 Å². The second-order valence-corrected chi connectivity index (χ2v) is 5.17. The van der Waals surface area contributed by atoms with Gasteiger partial charge in [0, 0.05) is 44.0 Å². The molecule has 0 aromatic carbocycles. The van der Waals surface area contributed by atoms with Crippen LogP contribution >= 0.6 is 35.3 Å². The third kappa shape index (κ3) is 5.59. The average molecular weight is 422 g/mol. The number of hydrogen-bond donors (Lipinski definition) is 3. The van der Waals surface area contributed by atoms with E-state index in [0.29, 0.717) is 19.0 Å². The van der Waals surface area contributed by atoms with E-state index in [2.05, 4.69) is 25.7 Å². The minimum absolute atomic E-state index is 0. The Hall–Kier alpha value is -1.20. The van der Waals surface area contributed by atoms with Crippen molar-refractivity contribution in [3.63, 3.8) is 0 Å². The van der Waals surface area contributed by atoms with Gasteiger partial charge in [-0.05, 0) is 0 Å². The summed E-state index contributed by atoms with van der Waals surface area (Å²) in [4.78, 5) is 8.28. The molecular weight excluding hydrogens is 403 g/mol. The molecular formula is C12H19IN6OS. The molecule has 2 rings (SSSR count). The van der Waals surface area contributed by atoms with Crippen molar-refractivity contribution in [1.29, 1.82) is 0 Å². The van der Waals surface area contributed by atoms with Crippen molar-refractivity contribution in [1.82, 2.24) is 25.4 Å². The van der Waals surface area contributed by atoms with Crippen molar-refractivity contribution >= 4 is 41.3 Å². The zero-order chi connectivity index (χ0) is 14.4. The minimum Gasteiger partial charge on any atom is -0.386 e. The summed E-state index contributed by atoms with van der Waals surface area (Å²) in [5.74, 6) is 0.628. The topological polar surface area (TPSA) is 87.4 Å². The van der Waals surface area contributed by atoms with Crippen LogP contribution in [0.1, 0.15) is 16.7 Å². The number of halogens is 1. The van der Waals surface area contributed by atoms with E-state index in [-0.39, 0.29) is 24.0 Å². The Morgan fingerprint density at radius 1 is 1.52 bits per heavy atom. The maximum Gasteiger partial charge on any atom is 0.191 e. The molecule has 9 heteroatoms. The fourth-order valence-electron chi connectivity index (χ4n) is 1.64. The normalized spacial score (nSPS) is 12.6. The number of nitrogens with one attached hydrogen (secondary N) is 2. The van der Waals surface area contributed by atoms with Gasteiger partial charge in [0.1, 0.15) is 5.01 Å². The Morgan fingerprint density at radius 3 is 2.90 bits per heavy atom. The number of nitrogens with zero attached hydrogens (tertiary/aromatic N) is 4. The standard InChI is InChI=1S/C12H18N6OS.HI/c1-13-12(16-7-11-14-3-4-20-11)15-6-10(19)9-5-17-18(2)8-9;/h3-5,8,10,19H,6-7H2,1-2H3,(H2,13,15,16);1H. The van der Waals surface area contributed by atoms with Gasteiger partial charge in [0.2, 0.25) is 0 Å². The summed E-state index contributed by atoms with van der Waals surface area (Å²) in [6.45, 7) is 0.976. The van der Waals surface area contributed by atoms with Crippen LogP contribution in [0.3, 0.4) is 0 Å². The minimum atomic E-state index is -0.623. The summed E-state index contributed by atoms with van der Waals surface area (Å²) in [5.41, 5.74) is 0.773. The van der Waals surface area contributed by atoms with Crippen molar-refractivity contribution in [3.8, 4) is 0 Å². The van der Waals surface area contributed by atoms with Crippen LogP contribution in [-0.2, 0) is 13.6 Å². The summed E-state index contributed by atoms with van der Waals surface area (Å²) >= 11 is 1.58. The van der Waals surface area contributed by atoms with Gasteiger partial charge in [0.25, 0.3) is 0 Å². The van der Waals surface area contributed by atoms with Crippen LogP contribution in [0.4, 0.5) is 0 Å². The van der Waals surface area contributed by atoms with E-state index in [1.54, 1.807) is 41.7 Å². The molecule has 3 N–H and O–H groups in total. The molecule has 1 atom stereocenters. The summed E-state index contributed by atoms with van der Waals surface area (Å²) in [5, 5.41) is 23.2. The van der Waals surface area contributed by atoms with Crippen LogP contribution in [0.2, 0.25) is 0 Å². The van der Waals surface area contributed by atoms with Gasteiger partial charge in [0.15, 0.2) is 5.96 Å². The number of guanidine groups is 1. The molecule has 0 aliphatic heterocycles. The molecule has 0 saturated carbocycles. The van der Waals surface area contributed by atoms with Gasteiger partial charge in [-0.15, -0.1) is 35.3 Å². The second kappa shape index (κ2) is 8.95. The highest BCUT2D eigenvalue weighted by Gasteiger charge is 2.10. The van der Waals surface area contributed by atoms with Gasteiger partial charge in [-0.2, -0.15) is 5.10 Å². The summed E-state index contributed by atoms with van der Waals surface area (Å²) in [7, 11) is 3.51. The smallest absolute Gasteiger partial charge is 0.191 e. The second-order valence-electron chi connectivity index (χ2n) is 4.20. The predicted molar refractivity (Wildman–Crippen MR) is 93.9 cm³/mol.